The minimum atomic E-state index is 0.821. The molecule has 68 heavy (non-hydrogen) atoms. The predicted molar refractivity (Wildman–Crippen MR) is 285 cm³/mol. The van der Waals surface area contributed by atoms with Crippen molar-refractivity contribution in [1.29, 1.82) is 0 Å². The molecule has 0 saturated carbocycles. The van der Waals surface area contributed by atoms with Gasteiger partial charge in [-0.15, -0.1) is 0 Å². The lowest BCUT2D eigenvalue weighted by molar-refractivity contribution is 0.487. The molecular weight excluding hydrogens is 829 g/mol. The van der Waals surface area contributed by atoms with E-state index in [1.807, 2.05) is 12.1 Å². The molecule has 12 aromatic rings. The Hall–Kier alpha value is -8.60. The van der Waals surface area contributed by atoms with Gasteiger partial charge in [-0.3, -0.25) is 0 Å². The second kappa shape index (κ2) is 15.5. The molecule has 0 N–H and O–H groups in total. The third-order valence-corrected chi connectivity index (χ3v) is 14.0. The second-order valence-corrected chi connectivity index (χ2v) is 18.3. The summed E-state index contributed by atoms with van der Waals surface area (Å²) in [5.41, 5.74) is 17.6. The molecule has 1 aliphatic rings. The van der Waals surface area contributed by atoms with Gasteiger partial charge >= 0.3 is 0 Å². The van der Waals surface area contributed by atoms with Crippen LogP contribution in [0.25, 0.3) is 76.5 Å². The first-order chi connectivity index (χ1) is 33.4. The van der Waals surface area contributed by atoms with E-state index in [-0.39, 0.29) is 0 Å². The number of fused-ring (bicyclic) bond motifs is 9. The third kappa shape index (κ3) is 6.29. The molecule has 324 valence electrons. The van der Waals surface area contributed by atoms with Crippen molar-refractivity contribution in [2.45, 2.75) is 27.7 Å². The van der Waals surface area contributed by atoms with Crippen molar-refractivity contribution in [3.05, 3.63) is 229 Å². The fraction of sp³-hybridized carbons (Fsp3) is 0.0625. The van der Waals surface area contributed by atoms with Crippen LogP contribution in [0.2, 0.25) is 0 Å². The Bertz CT molecular complexity index is 3950. The topological polar surface area (TPSA) is 28.9 Å². The Labute approximate surface area is 395 Å². The minimum absolute atomic E-state index is 0.821. The summed E-state index contributed by atoms with van der Waals surface area (Å²) in [6.45, 7) is 8.74. The maximum Gasteiger partial charge on any atom is 0.159 e. The molecule has 1 aromatic heterocycles. The zero-order valence-electron chi connectivity index (χ0n) is 38.3. The molecule has 0 unspecified atom stereocenters. The maximum absolute atomic E-state index is 7.07. The number of furan rings is 1. The van der Waals surface area contributed by atoms with E-state index >= 15 is 0 Å². The van der Waals surface area contributed by atoms with Crippen LogP contribution in [0.1, 0.15) is 22.3 Å². The zero-order chi connectivity index (χ0) is 45.6. The van der Waals surface area contributed by atoms with Crippen LogP contribution >= 0.6 is 0 Å². The van der Waals surface area contributed by atoms with Crippen LogP contribution in [0.15, 0.2) is 211 Å². The van der Waals surface area contributed by atoms with Gasteiger partial charge in [0, 0.05) is 50.5 Å². The zero-order valence-corrected chi connectivity index (χ0v) is 38.3. The summed E-state index contributed by atoms with van der Waals surface area (Å²) in [4.78, 5) is 4.67. The monoisotopic (exact) mass is 874 g/mol. The highest BCUT2D eigenvalue weighted by Gasteiger charge is 2.27. The Morgan fingerprint density at radius 1 is 0.338 bits per heavy atom. The van der Waals surface area contributed by atoms with Gasteiger partial charge in [0.15, 0.2) is 5.58 Å². The van der Waals surface area contributed by atoms with Gasteiger partial charge in [-0.25, -0.2) is 0 Å². The van der Waals surface area contributed by atoms with E-state index in [0.717, 1.165) is 72.7 Å². The van der Waals surface area contributed by atoms with E-state index < -0.39 is 0 Å². The SMILES string of the molecule is Cc1ccc2c(-c3ccc(N(c4ccccc4C)c4ccccc4C)cc3)cc3c4cc(C)cc5c4c(cc3c2c1)-c1ccc(N(c2ccccc2)c2cccc3c2oc2ccccc23)cc1O5. The second-order valence-electron chi connectivity index (χ2n) is 18.3. The molecule has 0 fully saturated rings. The molecule has 4 heteroatoms. The summed E-state index contributed by atoms with van der Waals surface area (Å²) in [6, 6.07) is 74.5. The summed E-state index contributed by atoms with van der Waals surface area (Å²) in [5.74, 6) is 1.69. The maximum atomic E-state index is 7.07. The van der Waals surface area contributed by atoms with Crippen molar-refractivity contribution in [3.63, 3.8) is 0 Å². The highest BCUT2D eigenvalue weighted by molar-refractivity contribution is 6.25. The molecule has 0 aliphatic carbocycles. The lowest BCUT2D eigenvalue weighted by atomic mass is 9.85. The summed E-state index contributed by atoms with van der Waals surface area (Å²) in [5, 5.41) is 9.42. The van der Waals surface area contributed by atoms with Crippen LogP contribution in [0.5, 0.6) is 11.5 Å². The van der Waals surface area contributed by atoms with Crippen molar-refractivity contribution in [2.24, 2.45) is 0 Å². The lowest BCUT2D eigenvalue weighted by Gasteiger charge is -2.29. The number of rotatable bonds is 7. The van der Waals surface area contributed by atoms with Crippen molar-refractivity contribution in [1.82, 2.24) is 0 Å². The van der Waals surface area contributed by atoms with Gasteiger partial charge < -0.3 is 19.0 Å². The number of hydrogen-bond acceptors (Lipinski definition) is 4. The number of benzene rings is 11. The fourth-order valence-electron chi connectivity index (χ4n) is 10.7. The molecule has 0 radical (unpaired) electrons. The van der Waals surface area contributed by atoms with E-state index in [0.29, 0.717) is 0 Å². The molecular formula is C64H46N2O2. The van der Waals surface area contributed by atoms with Crippen molar-refractivity contribution >= 4 is 88.4 Å². The molecule has 1 aliphatic heterocycles. The summed E-state index contributed by atoms with van der Waals surface area (Å²) in [7, 11) is 0. The van der Waals surface area contributed by atoms with Gasteiger partial charge in [-0.1, -0.05) is 127 Å². The Morgan fingerprint density at radius 2 is 0.956 bits per heavy atom. The van der Waals surface area contributed by atoms with Crippen molar-refractivity contribution < 1.29 is 9.15 Å². The molecule has 13 rings (SSSR count). The number of nitrogens with zero attached hydrogens (tertiary/aromatic N) is 2. The van der Waals surface area contributed by atoms with E-state index in [1.54, 1.807) is 0 Å². The van der Waals surface area contributed by atoms with Crippen LogP contribution in [0.4, 0.5) is 34.1 Å². The summed E-state index contributed by atoms with van der Waals surface area (Å²) in [6.07, 6.45) is 0. The largest absolute Gasteiger partial charge is 0.456 e. The molecule has 0 saturated heterocycles. The molecule has 0 bridgehead atoms. The molecule has 11 aromatic carbocycles. The normalized spacial score (nSPS) is 11.9. The van der Waals surface area contributed by atoms with E-state index in [1.165, 1.54) is 71.7 Å². The quantitative estimate of drug-likeness (QED) is 0.149. The van der Waals surface area contributed by atoms with Crippen LogP contribution in [0.3, 0.4) is 0 Å². The van der Waals surface area contributed by atoms with Gasteiger partial charge in [0.25, 0.3) is 0 Å². The Balaban J connectivity index is 0.975. The Morgan fingerprint density at radius 3 is 1.74 bits per heavy atom. The van der Waals surface area contributed by atoms with E-state index in [2.05, 4.69) is 232 Å². The number of hydrogen-bond donors (Lipinski definition) is 0. The van der Waals surface area contributed by atoms with Crippen LogP contribution in [-0.2, 0) is 0 Å². The molecule has 2 heterocycles. The third-order valence-electron chi connectivity index (χ3n) is 14.0. The first-order valence-corrected chi connectivity index (χ1v) is 23.4. The first kappa shape index (κ1) is 39.7. The van der Waals surface area contributed by atoms with Gasteiger partial charge in [0.2, 0.25) is 0 Å². The summed E-state index contributed by atoms with van der Waals surface area (Å²) >= 11 is 0. The van der Waals surface area contributed by atoms with Gasteiger partial charge in [0.05, 0.1) is 11.4 Å². The number of anilines is 6. The van der Waals surface area contributed by atoms with Gasteiger partial charge in [-0.2, -0.15) is 0 Å². The summed E-state index contributed by atoms with van der Waals surface area (Å²) < 4.78 is 13.7. The smallest absolute Gasteiger partial charge is 0.159 e. The average Bonchev–Trinajstić information content (AvgIpc) is 3.75. The number of aryl methyl sites for hydroxylation is 4. The molecule has 0 spiro atoms. The van der Waals surface area contributed by atoms with E-state index in [9.17, 15) is 0 Å². The molecule has 0 amide bonds. The van der Waals surface area contributed by atoms with E-state index in [4.69, 9.17) is 9.15 Å². The van der Waals surface area contributed by atoms with Crippen LogP contribution in [-0.4, -0.2) is 0 Å². The molecule has 4 nitrogen and oxygen atoms in total. The van der Waals surface area contributed by atoms with Crippen molar-refractivity contribution in [3.8, 4) is 33.8 Å². The predicted octanol–water partition coefficient (Wildman–Crippen LogP) is 18.7. The average molecular weight is 875 g/mol. The Kier molecular flexibility index (Phi) is 9.06. The first-order valence-electron chi connectivity index (χ1n) is 23.4. The van der Waals surface area contributed by atoms with Gasteiger partial charge in [-0.05, 0) is 167 Å². The van der Waals surface area contributed by atoms with Gasteiger partial charge in [0.1, 0.15) is 17.1 Å². The highest BCUT2D eigenvalue weighted by Crippen LogP contribution is 2.53. The fourth-order valence-corrected chi connectivity index (χ4v) is 10.7. The minimum Gasteiger partial charge on any atom is -0.456 e. The highest BCUT2D eigenvalue weighted by atomic mass is 16.5. The number of para-hydroxylation sites is 5. The number of ether oxygens (including phenoxy) is 1. The van der Waals surface area contributed by atoms with Crippen molar-refractivity contribution in [2.75, 3.05) is 9.80 Å². The van der Waals surface area contributed by atoms with Crippen LogP contribution < -0.4 is 14.5 Å². The lowest BCUT2D eigenvalue weighted by Crippen LogP contribution is -2.12. The molecule has 0 atom stereocenters. The standard InChI is InChI=1S/C64H46N2O2/c1-39-25-31-47-51(43-26-28-45(29-27-43)66(57-21-11-8-15-41(57)3)58-22-12-9-16-42(58)4)37-54-53(52(47)33-39)38-56-49-32-30-46(36-61(49)67-62-35-40(2)34-55(54)63(56)62)65(44-17-6-5-7-18-44)59-23-14-20-50-48-19-10-13-24-60(48)68-64(50)59/h5-38H,1-4H3. The van der Waals surface area contributed by atoms with Crippen LogP contribution in [0, 0.1) is 27.7 Å².